The summed E-state index contributed by atoms with van der Waals surface area (Å²) in [6.45, 7) is -1.06. The highest BCUT2D eigenvalue weighted by atomic mass is 19.4. The number of hydrogen-bond donors (Lipinski definition) is 3. The molecule has 0 bridgehead atoms. The summed E-state index contributed by atoms with van der Waals surface area (Å²) in [5.74, 6) is -1.04. The number of nitrogens with one attached hydrogen (secondary N) is 1. The maximum atomic E-state index is 12.6. The molecule has 0 atom stereocenters. The highest BCUT2D eigenvalue weighted by molar-refractivity contribution is 5.77. The Labute approximate surface area is 200 Å². The van der Waals surface area contributed by atoms with Crippen molar-refractivity contribution in [2.24, 2.45) is 5.73 Å². The molecule has 3 aromatic rings. The zero-order chi connectivity index (χ0) is 25.4. The van der Waals surface area contributed by atoms with Crippen LogP contribution in [-0.2, 0) is 35.6 Å². The van der Waals surface area contributed by atoms with Crippen molar-refractivity contribution < 1.29 is 32.6 Å². The van der Waals surface area contributed by atoms with Gasteiger partial charge in [0.15, 0.2) is 0 Å². The molecule has 3 aromatic carbocycles. The van der Waals surface area contributed by atoms with Gasteiger partial charge in [0, 0.05) is 12.1 Å². The Morgan fingerprint density at radius 3 is 2.31 bits per heavy atom. The SMILES string of the molecule is NC(=O)Cc1cccc(-c2cc(CNCC(F)(F)F)cc(COc3ccccc3CC(=O)O)c2)c1. The summed E-state index contributed by atoms with van der Waals surface area (Å²) in [5, 5.41) is 11.5. The van der Waals surface area contributed by atoms with E-state index in [0.29, 0.717) is 22.4 Å². The van der Waals surface area contributed by atoms with Gasteiger partial charge in [-0.25, -0.2) is 0 Å². The lowest BCUT2D eigenvalue weighted by Crippen LogP contribution is -2.28. The molecule has 9 heteroatoms. The Morgan fingerprint density at radius 2 is 1.60 bits per heavy atom. The molecule has 6 nitrogen and oxygen atoms in total. The number of hydrogen-bond acceptors (Lipinski definition) is 4. The topological polar surface area (TPSA) is 102 Å². The van der Waals surface area contributed by atoms with E-state index in [4.69, 9.17) is 15.6 Å². The van der Waals surface area contributed by atoms with Crippen LogP contribution < -0.4 is 15.8 Å². The van der Waals surface area contributed by atoms with Crippen LogP contribution >= 0.6 is 0 Å². The third kappa shape index (κ3) is 8.46. The fraction of sp³-hybridized carbons (Fsp3) is 0.231. The van der Waals surface area contributed by atoms with Crippen LogP contribution in [-0.4, -0.2) is 29.7 Å². The summed E-state index contributed by atoms with van der Waals surface area (Å²) in [6, 6.07) is 19.3. The van der Waals surface area contributed by atoms with E-state index in [9.17, 15) is 22.8 Å². The van der Waals surface area contributed by atoms with Gasteiger partial charge in [0.2, 0.25) is 5.91 Å². The average molecular weight is 486 g/mol. The van der Waals surface area contributed by atoms with Crippen molar-refractivity contribution in [3.63, 3.8) is 0 Å². The monoisotopic (exact) mass is 486 g/mol. The zero-order valence-electron chi connectivity index (χ0n) is 18.8. The molecule has 0 spiro atoms. The first-order chi connectivity index (χ1) is 16.6. The second kappa shape index (κ2) is 11.5. The quantitative estimate of drug-likeness (QED) is 0.376. The minimum Gasteiger partial charge on any atom is -0.489 e. The highest BCUT2D eigenvalue weighted by Crippen LogP contribution is 2.26. The highest BCUT2D eigenvalue weighted by Gasteiger charge is 2.26. The first kappa shape index (κ1) is 25.8. The summed E-state index contributed by atoms with van der Waals surface area (Å²) in [6.07, 6.45) is -4.47. The number of carbonyl (C=O) groups is 2. The number of primary amides is 1. The van der Waals surface area contributed by atoms with Crippen molar-refractivity contribution in [1.29, 1.82) is 0 Å². The molecular formula is C26H25F3N2O4. The molecule has 0 saturated carbocycles. The molecule has 0 fully saturated rings. The van der Waals surface area contributed by atoms with Gasteiger partial charge in [-0.3, -0.25) is 9.59 Å². The van der Waals surface area contributed by atoms with Crippen molar-refractivity contribution in [2.45, 2.75) is 32.2 Å². The van der Waals surface area contributed by atoms with Crippen LogP contribution in [0.4, 0.5) is 13.2 Å². The number of alkyl halides is 3. The number of benzene rings is 3. The maximum absolute atomic E-state index is 12.6. The number of rotatable bonds is 11. The molecule has 0 unspecified atom stereocenters. The molecular weight excluding hydrogens is 461 g/mol. The van der Waals surface area contributed by atoms with Crippen molar-refractivity contribution >= 4 is 11.9 Å². The van der Waals surface area contributed by atoms with Gasteiger partial charge in [-0.15, -0.1) is 0 Å². The number of halogens is 3. The van der Waals surface area contributed by atoms with Crippen LogP contribution in [0.1, 0.15) is 22.3 Å². The molecule has 35 heavy (non-hydrogen) atoms. The van der Waals surface area contributed by atoms with Gasteiger partial charge in [-0.05, 0) is 46.0 Å². The predicted molar refractivity (Wildman–Crippen MR) is 125 cm³/mol. The van der Waals surface area contributed by atoms with Gasteiger partial charge in [-0.2, -0.15) is 13.2 Å². The smallest absolute Gasteiger partial charge is 0.401 e. The predicted octanol–water partition coefficient (Wildman–Crippen LogP) is 4.24. The molecule has 3 rings (SSSR count). The van der Waals surface area contributed by atoms with Crippen LogP contribution in [0, 0.1) is 0 Å². The van der Waals surface area contributed by atoms with Gasteiger partial charge in [0.25, 0.3) is 0 Å². The summed E-state index contributed by atoms with van der Waals surface area (Å²) in [4.78, 5) is 22.4. The summed E-state index contributed by atoms with van der Waals surface area (Å²) >= 11 is 0. The van der Waals surface area contributed by atoms with Gasteiger partial charge in [0.1, 0.15) is 12.4 Å². The van der Waals surface area contributed by atoms with Crippen molar-refractivity contribution in [3.05, 3.63) is 89.0 Å². The Hall–Kier alpha value is -3.85. The number of nitrogens with two attached hydrogens (primary N) is 1. The van der Waals surface area contributed by atoms with Crippen molar-refractivity contribution in [2.75, 3.05) is 6.54 Å². The second-order valence-electron chi connectivity index (χ2n) is 8.07. The third-order valence-electron chi connectivity index (χ3n) is 5.05. The normalized spacial score (nSPS) is 11.3. The van der Waals surface area contributed by atoms with E-state index in [0.717, 1.165) is 16.7 Å². The lowest BCUT2D eigenvalue weighted by Gasteiger charge is -2.14. The van der Waals surface area contributed by atoms with Crippen LogP contribution in [0.3, 0.4) is 0 Å². The molecule has 0 aliphatic rings. The van der Waals surface area contributed by atoms with Gasteiger partial charge in [0.05, 0.1) is 19.4 Å². The zero-order valence-corrected chi connectivity index (χ0v) is 18.8. The number of para-hydroxylation sites is 1. The molecule has 0 saturated heterocycles. The van der Waals surface area contributed by atoms with Crippen LogP contribution in [0.2, 0.25) is 0 Å². The summed E-state index contributed by atoms with van der Waals surface area (Å²) in [7, 11) is 0. The molecule has 1 amide bonds. The van der Waals surface area contributed by atoms with E-state index in [2.05, 4.69) is 5.32 Å². The molecule has 184 valence electrons. The molecule has 0 aliphatic heterocycles. The number of carboxylic acid groups (broad SMARTS) is 1. The van der Waals surface area contributed by atoms with E-state index < -0.39 is 24.6 Å². The molecule has 0 radical (unpaired) electrons. The second-order valence-corrected chi connectivity index (χ2v) is 8.07. The van der Waals surface area contributed by atoms with Crippen molar-refractivity contribution in [1.82, 2.24) is 5.32 Å². The Bertz CT molecular complexity index is 1200. The van der Waals surface area contributed by atoms with E-state index >= 15 is 0 Å². The van der Waals surface area contributed by atoms with Crippen LogP contribution in [0.5, 0.6) is 5.75 Å². The van der Waals surface area contributed by atoms with Gasteiger partial charge >= 0.3 is 12.1 Å². The fourth-order valence-corrected chi connectivity index (χ4v) is 3.64. The molecule has 0 aromatic heterocycles. The third-order valence-corrected chi connectivity index (χ3v) is 5.05. The Kier molecular flexibility index (Phi) is 8.48. The molecule has 0 aliphatic carbocycles. The number of carboxylic acids is 1. The van der Waals surface area contributed by atoms with Crippen LogP contribution in [0.25, 0.3) is 11.1 Å². The standard InChI is InChI=1S/C26H25F3N2O4/c27-26(28,29)16-31-14-18-8-19(15-35-23-7-2-1-5-21(23)13-25(33)34)11-22(10-18)20-6-3-4-17(9-20)12-24(30)32/h1-11,31H,12-16H2,(H2,30,32)(H,33,34). The first-order valence-electron chi connectivity index (χ1n) is 10.8. The lowest BCUT2D eigenvalue weighted by molar-refractivity contribution is -0.136. The first-order valence-corrected chi connectivity index (χ1v) is 10.8. The van der Waals surface area contributed by atoms with E-state index in [1.54, 1.807) is 54.6 Å². The fourth-order valence-electron chi connectivity index (χ4n) is 3.64. The molecule has 4 N–H and O–H groups in total. The van der Waals surface area contributed by atoms with E-state index in [1.165, 1.54) is 0 Å². The van der Waals surface area contributed by atoms with Crippen molar-refractivity contribution in [3.8, 4) is 16.9 Å². The number of ether oxygens (including phenoxy) is 1. The summed E-state index contributed by atoms with van der Waals surface area (Å²) in [5.41, 5.74) is 9.35. The Balaban J connectivity index is 1.88. The Morgan fingerprint density at radius 1 is 0.886 bits per heavy atom. The van der Waals surface area contributed by atoms with E-state index in [1.807, 2.05) is 12.1 Å². The lowest BCUT2D eigenvalue weighted by atomic mass is 9.97. The number of carbonyl (C=O) groups excluding carboxylic acids is 1. The number of amides is 1. The molecule has 0 heterocycles. The van der Waals surface area contributed by atoms with Crippen LogP contribution in [0.15, 0.2) is 66.7 Å². The van der Waals surface area contributed by atoms with Gasteiger partial charge < -0.3 is 20.9 Å². The minimum absolute atomic E-state index is 0.0169. The average Bonchev–Trinajstić information content (AvgIpc) is 2.77. The maximum Gasteiger partial charge on any atom is 0.401 e. The minimum atomic E-state index is -4.33. The van der Waals surface area contributed by atoms with Gasteiger partial charge in [-0.1, -0.05) is 48.5 Å². The number of aliphatic carboxylic acids is 1. The summed E-state index contributed by atoms with van der Waals surface area (Å²) < 4.78 is 43.7. The van der Waals surface area contributed by atoms with E-state index in [-0.39, 0.29) is 26.0 Å². The largest absolute Gasteiger partial charge is 0.489 e.